The Kier molecular flexibility index (Phi) is 1.57. The van der Waals surface area contributed by atoms with Crippen LogP contribution in [0.15, 0.2) is 0 Å². The van der Waals surface area contributed by atoms with Crippen molar-refractivity contribution in [2.45, 2.75) is 51.4 Å². The van der Waals surface area contributed by atoms with Crippen molar-refractivity contribution in [2.24, 2.45) is 34.3 Å². The summed E-state index contributed by atoms with van der Waals surface area (Å²) in [5.41, 5.74) is 7.45. The molecule has 0 saturated heterocycles. The van der Waals surface area contributed by atoms with Gasteiger partial charge in [0.15, 0.2) is 0 Å². The fourth-order valence-corrected chi connectivity index (χ4v) is 5.86. The van der Waals surface area contributed by atoms with Gasteiger partial charge in [-0.2, -0.15) is 0 Å². The molecule has 5 rings (SSSR count). The number of nitrogens with two attached hydrogens (primary N) is 1. The first-order valence-electron chi connectivity index (χ1n) is 6.95. The molecule has 5 aliphatic carbocycles. The van der Waals surface area contributed by atoms with Gasteiger partial charge < -0.3 is 5.73 Å². The smallest absolute Gasteiger partial charge is 0.00152 e. The molecule has 0 aromatic heterocycles. The average Bonchev–Trinajstić information content (AvgIpc) is 2.95. The van der Waals surface area contributed by atoms with Crippen molar-refractivity contribution in [1.29, 1.82) is 0 Å². The van der Waals surface area contributed by atoms with Crippen molar-refractivity contribution in [1.82, 2.24) is 0 Å². The van der Waals surface area contributed by atoms with Crippen molar-refractivity contribution in [3.63, 3.8) is 0 Å². The molecule has 0 amide bonds. The molecule has 0 aromatic rings. The van der Waals surface area contributed by atoms with E-state index in [0.29, 0.717) is 5.41 Å². The van der Waals surface area contributed by atoms with Gasteiger partial charge in [0.2, 0.25) is 0 Å². The zero-order valence-corrected chi connectivity index (χ0v) is 9.67. The van der Waals surface area contributed by atoms with Crippen LogP contribution >= 0.6 is 0 Å². The second-order valence-corrected chi connectivity index (χ2v) is 7.18. The first-order valence-corrected chi connectivity index (χ1v) is 6.95. The third-order valence-electron chi connectivity index (χ3n) is 6.41. The molecule has 4 bridgehead atoms. The highest BCUT2D eigenvalue weighted by Gasteiger charge is 2.64. The summed E-state index contributed by atoms with van der Waals surface area (Å²) in [6, 6.07) is 0. The predicted octanol–water partition coefficient (Wildman–Crippen LogP) is 2.94. The molecule has 2 N–H and O–H groups in total. The van der Waals surface area contributed by atoms with E-state index in [2.05, 4.69) is 0 Å². The summed E-state index contributed by atoms with van der Waals surface area (Å²) in [6.07, 6.45) is 12.3. The molecule has 15 heavy (non-hydrogen) atoms. The summed E-state index contributed by atoms with van der Waals surface area (Å²) >= 11 is 0. The normalized spacial score (nSPS) is 54.6. The van der Waals surface area contributed by atoms with Crippen LogP contribution in [0.25, 0.3) is 0 Å². The molecule has 5 aliphatic rings. The Morgan fingerprint density at radius 2 is 1.33 bits per heavy atom. The Hall–Kier alpha value is -0.0400. The van der Waals surface area contributed by atoms with Gasteiger partial charge in [0.05, 0.1) is 0 Å². The third-order valence-corrected chi connectivity index (χ3v) is 6.41. The van der Waals surface area contributed by atoms with E-state index in [1.54, 1.807) is 38.5 Å². The molecule has 1 nitrogen and oxygen atoms in total. The first kappa shape index (κ1) is 9.04. The minimum Gasteiger partial charge on any atom is -0.330 e. The van der Waals surface area contributed by atoms with Gasteiger partial charge >= 0.3 is 0 Å². The van der Waals surface area contributed by atoms with Crippen molar-refractivity contribution in [2.75, 3.05) is 6.54 Å². The van der Waals surface area contributed by atoms with Crippen LogP contribution in [0.1, 0.15) is 51.4 Å². The van der Waals surface area contributed by atoms with Gasteiger partial charge in [-0.1, -0.05) is 0 Å². The summed E-state index contributed by atoms with van der Waals surface area (Å²) in [4.78, 5) is 0. The largest absolute Gasteiger partial charge is 0.330 e. The maximum Gasteiger partial charge on any atom is -0.00152 e. The molecule has 0 spiro atoms. The van der Waals surface area contributed by atoms with Crippen LogP contribution in [0.5, 0.6) is 0 Å². The molecule has 5 fully saturated rings. The highest BCUT2D eigenvalue weighted by atomic mass is 14.8. The molecule has 0 atom stereocenters. The Labute approximate surface area is 92.8 Å². The monoisotopic (exact) mass is 205 g/mol. The number of hydrogen-bond donors (Lipinski definition) is 1. The quantitative estimate of drug-likeness (QED) is 0.737. The summed E-state index contributed by atoms with van der Waals surface area (Å²) in [5.74, 6) is 3.29. The van der Waals surface area contributed by atoms with Gasteiger partial charge in [0.25, 0.3) is 0 Å². The highest BCUT2D eigenvalue weighted by Crippen LogP contribution is 2.72. The number of hydrogen-bond acceptors (Lipinski definition) is 1. The SMILES string of the molecule is NCC1(C23CC4CC(CC(C4)C2)C3)CC1. The minimum atomic E-state index is 0.628. The average molecular weight is 205 g/mol. The van der Waals surface area contributed by atoms with Crippen LogP contribution in [0.2, 0.25) is 0 Å². The number of rotatable bonds is 2. The second-order valence-electron chi connectivity index (χ2n) is 7.18. The van der Waals surface area contributed by atoms with E-state index in [1.807, 2.05) is 0 Å². The lowest BCUT2D eigenvalue weighted by Gasteiger charge is -2.60. The molecule has 84 valence electrons. The third kappa shape index (κ3) is 1.03. The highest BCUT2D eigenvalue weighted by molar-refractivity contribution is 5.14. The molecule has 0 aliphatic heterocycles. The van der Waals surface area contributed by atoms with E-state index in [0.717, 1.165) is 29.7 Å². The van der Waals surface area contributed by atoms with Crippen LogP contribution < -0.4 is 5.73 Å². The predicted molar refractivity (Wildman–Crippen MR) is 61.3 cm³/mol. The zero-order chi connectivity index (χ0) is 10.1. The van der Waals surface area contributed by atoms with Gasteiger partial charge in [0, 0.05) is 0 Å². The lowest BCUT2D eigenvalue weighted by atomic mass is 9.45. The molecule has 0 aromatic carbocycles. The van der Waals surface area contributed by atoms with Gasteiger partial charge in [-0.05, 0) is 86.5 Å². The summed E-state index contributed by atoms with van der Waals surface area (Å²) in [5, 5.41) is 0. The van der Waals surface area contributed by atoms with Crippen LogP contribution in [0.3, 0.4) is 0 Å². The zero-order valence-electron chi connectivity index (χ0n) is 9.67. The topological polar surface area (TPSA) is 26.0 Å². The molecular weight excluding hydrogens is 182 g/mol. The minimum absolute atomic E-state index is 0.628. The Balaban J connectivity index is 1.72. The van der Waals surface area contributed by atoms with Crippen LogP contribution in [0.4, 0.5) is 0 Å². The van der Waals surface area contributed by atoms with E-state index in [9.17, 15) is 0 Å². The Bertz CT molecular complexity index is 254. The fourth-order valence-electron chi connectivity index (χ4n) is 5.86. The molecule has 0 radical (unpaired) electrons. The van der Waals surface area contributed by atoms with Crippen LogP contribution in [-0.2, 0) is 0 Å². The fraction of sp³-hybridized carbons (Fsp3) is 1.00. The maximum atomic E-state index is 6.09. The van der Waals surface area contributed by atoms with Crippen molar-refractivity contribution in [3.8, 4) is 0 Å². The first-order chi connectivity index (χ1) is 7.25. The Morgan fingerprint density at radius 1 is 0.867 bits per heavy atom. The van der Waals surface area contributed by atoms with Crippen molar-refractivity contribution >= 4 is 0 Å². The van der Waals surface area contributed by atoms with Crippen LogP contribution in [-0.4, -0.2) is 6.54 Å². The van der Waals surface area contributed by atoms with Crippen molar-refractivity contribution in [3.05, 3.63) is 0 Å². The molecule has 1 heteroatoms. The summed E-state index contributed by atoms with van der Waals surface area (Å²) in [6.45, 7) is 0.985. The van der Waals surface area contributed by atoms with Gasteiger partial charge in [-0.25, -0.2) is 0 Å². The lowest BCUT2D eigenvalue weighted by molar-refractivity contribution is -0.0943. The van der Waals surface area contributed by atoms with Crippen molar-refractivity contribution < 1.29 is 0 Å². The van der Waals surface area contributed by atoms with Gasteiger partial charge in [0.1, 0.15) is 0 Å². The molecule has 0 unspecified atom stereocenters. The molecule has 0 heterocycles. The van der Waals surface area contributed by atoms with Gasteiger partial charge in [-0.3, -0.25) is 0 Å². The summed E-state index contributed by atoms with van der Waals surface area (Å²) < 4.78 is 0. The van der Waals surface area contributed by atoms with E-state index < -0.39 is 0 Å². The standard InChI is InChI=1S/C14H23N/c15-9-13(1-2-13)14-6-10-3-11(7-14)5-12(4-10)8-14/h10-12H,1-9,15H2. The second kappa shape index (κ2) is 2.61. The Morgan fingerprint density at radius 3 is 1.67 bits per heavy atom. The van der Waals surface area contributed by atoms with E-state index in [1.165, 1.54) is 12.8 Å². The van der Waals surface area contributed by atoms with Crippen LogP contribution in [0, 0.1) is 28.6 Å². The maximum absolute atomic E-state index is 6.09. The molecule has 5 saturated carbocycles. The van der Waals surface area contributed by atoms with Gasteiger partial charge in [-0.15, -0.1) is 0 Å². The van der Waals surface area contributed by atoms with E-state index >= 15 is 0 Å². The van der Waals surface area contributed by atoms with E-state index in [-0.39, 0.29) is 0 Å². The molecular formula is C14H23N. The lowest BCUT2D eigenvalue weighted by Crippen LogP contribution is -2.52. The van der Waals surface area contributed by atoms with E-state index in [4.69, 9.17) is 5.73 Å². The summed E-state index contributed by atoms with van der Waals surface area (Å²) in [7, 11) is 0.